The number of β-amino-alcohol motifs (C(OH)–C–C–N with tert-alkyl or cyclic N) is 1. The largest absolute Gasteiger partial charge is 0.384 e. The molecule has 1 aliphatic heterocycles. The minimum atomic E-state index is -0.745. The number of aliphatic hydroxyl groups is 1. The Bertz CT molecular complexity index is 548. The molecule has 92 valence electrons. The zero-order valence-corrected chi connectivity index (χ0v) is 10.5. The highest BCUT2D eigenvalue weighted by atomic mass is 16.3. The highest BCUT2D eigenvalue weighted by Crippen LogP contribution is 2.39. The van der Waals surface area contributed by atoms with Gasteiger partial charge in [-0.1, -0.05) is 48.5 Å². The standard InChI is InChI=1S/C16H17NO/c1-16(18)12-17(11-13-7-3-2-4-8-13)15-10-6-5-9-14(15)16/h2-10,18H,11-12H2,1H3. The Kier molecular flexibility index (Phi) is 2.60. The number of nitrogens with zero attached hydrogens (tertiary/aromatic N) is 1. The number of para-hydroxylation sites is 1. The molecule has 0 bridgehead atoms. The monoisotopic (exact) mass is 239 g/mol. The van der Waals surface area contributed by atoms with Crippen LogP contribution >= 0.6 is 0 Å². The van der Waals surface area contributed by atoms with Gasteiger partial charge in [0.05, 0.1) is 6.54 Å². The second-order valence-corrected chi connectivity index (χ2v) is 5.13. The van der Waals surface area contributed by atoms with Crippen molar-refractivity contribution in [3.05, 3.63) is 65.7 Å². The first kappa shape index (κ1) is 11.3. The van der Waals surface area contributed by atoms with E-state index in [0.29, 0.717) is 6.54 Å². The van der Waals surface area contributed by atoms with Crippen LogP contribution in [-0.2, 0) is 12.1 Å². The molecular weight excluding hydrogens is 222 g/mol. The van der Waals surface area contributed by atoms with Gasteiger partial charge in [0.25, 0.3) is 0 Å². The summed E-state index contributed by atoms with van der Waals surface area (Å²) in [7, 11) is 0. The van der Waals surface area contributed by atoms with Gasteiger partial charge in [-0.25, -0.2) is 0 Å². The molecule has 0 saturated carbocycles. The Morgan fingerprint density at radius 1 is 1.06 bits per heavy atom. The van der Waals surface area contributed by atoms with Gasteiger partial charge in [-0.3, -0.25) is 0 Å². The fourth-order valence-electron chi connectivity index (χ4n) is 2.69. The Hall–Kier alpha value is -1.80. The van der Waals surface area contributed by atoms with Crippen LogP contribution in [0.15, 0.2) is 54.6 Å². The van der Waals surface area contributed by atoms with E-state index >= 15 is 0 Å². The minimum absolute atomic E-state index is 0.654. The van der Waals surface area contributed by atoms with Crippen molar-refractivity contribution in [2.45, 2.75) is 19.1 Å². The molecule has 18 heavy (non-hydrogen) atoms. The molecule has 2 nitrogen and oxygen atoms in total. The van der Waals surface area contributed by atoms with E-state index in [4.69, 9.17) is 0 Å². The summed E-state index contributed by atoms with van der Waals surface area (Å²) in [5.74, 6) is 0. The molecular formula is C16H17NO. The average Bonchev–Trinajstić information content (AvgIpc) is 2.63. The van der Waals surface area contributed by atoms with Crippen LogP contribution in [0.3, 0.4) is 0 Å². The van der Waals surface area contributed by atoms with Crippen molar-refractivity contribution in [1.29, 1.82) is 0 Å². The molecule has 0 spiro atoms. The number of anilines is 1. The van der Waals surface area contributed by atoms with E-state index in [2.05, 4.69) is 35.2 Å². The van der Waals surface area contributed by atoms with Crippen LogP contribution in [0.25, 0.3) is 0 Å². The van der Waals surface area contributed by atoms with Gasteiger partial charge in [0, 0.05) is 17.8 Å². The predicted octanol–water partition coefficient (Wildman–Crippen LogP) is 2.91. The third kappa shape index (κ3) is 1.89. The maximum Gasteiger partial charge on any atom is 0.106 e. The van der Waals surface area contributed by atoms with Crippen molar-refractivity contribution >= 4 is 5.69 Å². The highest BCUT2D eigenvalue weighted by Gasteiger charge is 2.36. The first-order valence-corrected chi connectivity index (χ1v) is 6.27. The van der Waals surface area contributed by atoms with Crippen molar-refractivity contribution < 1.29 is 5.11 Å². The Balaban J connectivity index is 1.92. The molecule has 1 aliphatic rings. The van der Waals surface area contributed by atoms with Gasteiger partial charge in [-0.2, -0.15) is 0 Å². The first-order chi connectivity index (χ1) is 8.67. The molecule has 3 rings (SSSR count). The maximum absolute atomic E-state index is 10.5. The van der Waals surface area contributed by atoms with E-state index in [0.717, 1.165) is 17.8 Å². The van der Waals surface area contributed by atoms with Crippen LogP contribution in [0.1, 0.15) is 18.1 Å². The second-order valence-electron chi connectivity index (χ2n) is 5.13. The van der Waals surface area contributed by atoms with Gasteiger partial charge in [-0.05, 0) is 18.6 Å². The summed E-state index contributed by atoms with van der Waals surface area (Å²) in [6.07, 6.45) is 0. The quantitative estimate of drug-likeness (QED) is 0.871. The topological polar surface area (TPSA) is 23.5 Å². The summed E-state index contributed by atoms with van der Waals surface area (Å²) in [6.45, 7) is 3.38. The van der Waals surface area contributed by atoms with Crippen LogP contribution in [0.2, 0.25) is 0 Å². The van der Waals surface area contributed by atoms with Gasteiger partial charge in [0.1, 0.15) is 5.60 Å². The number of hydrogen-bond acceptors (Lipinski definition) is 2. The summed E-state index contributed by atoms with van der Waals surface area (Å²) >= 11 is 0. The molecule has 1 unspecified atom stereocenters. The molecule has 0 aromatic heterocycles. The summed E-state index contributed by atoms with van der Waals surface area (Å²) in [6, 6.07) is 18.5. The normalized spacial score (nSPS) is 22.0. The number of benzene rings is 2. The molecule has 2 aromatic rings. The fraction of sp³-hybridized carbons (Fsp3) is 0.250. The Morgan fingerprint density at radius 3 is 2.50 bits per heavy atom. The lowest BCUT2D eigenvalue weighted by Crippen LogP contribution is -2.30. The summed E-state index contributed by atoms with van der Waals surface area (Å²) < 4.78 is 0. The molecule has 0 amide bonds. The number of hydrogen-bond donors (Lipinski definition) is 1. The van der Waals surface area contributed by atoms with E-state index in [9.17, 15) is 5.11 Å². The third-order valence-electron chi connectivity index (χ3n) is 3.54. The highest BCUT2D eigenvalue weighted by molar-refractivity contribution is 5.61. The van der Waals surface area contributed by atoms with Crippen molar-refractivity contribution in [2.75, 3.05) is 11.4 Å². The molecule has 1 N–H and O–H groups in total. The van der Waals surface area contributed by atoms with Crippen LogP contribution < -0.4 is 4.90 Å². The molecule has 0 aliphatic carbocycles. The third-order valence-corrected chi connectivity index (χ3v) is 3.54. The molecule has 2 heteroatoms. The lowest BCUT2D eigenvalue weighted by Gasteiger charge is -2.21. The first-order valence-electron chi connectivity index (χ1n) is 6.27. The van der Waals surface area contributed by atoms with Crippen LogP contribution in [-0.4, -0.2) is 11.7 Å². The van der Waals surface area contributed by atoms with Crippen LogP contribution in [0.5, 0.6) is 0 Å². The number of fused-ring (bicyclic) bond motifs is 1. The van der Waals surface area contributed by atoms with Crippen LogP contribution in [0.4, 0.5) is 5.69 Å². The molecule has 0 saturated heterocycles. The van der Waals surface area contributed by atoms with Crippen molar-refractivity contribution in [1.82, 2.24) is 0 Å². The Labute approximate surface area is 107 Å². The zero-order chi connectivity index (χ0) is 12.6. The van der Waals surface area contributed by atoms with Crippen molar-refractivity contribution in [3.63, 3.8) is 0 Å². The van der Waals surface area contributed by atoms with E-state index in [1.165, 1.54) is 5.56 Å². The Morgan fingerprint density at radius 2 is 1.72 bits per heavy atom. The zero-order valence-electron chi connectivity index (χ0n) is 10.5. The van der Waals surface area contributed by atoms with E-state index in [-0.39, 0.29) is 0 Å². The minimum Gasteiger partial charge on any atom is -0.384 e. The average molecular weight is 239 g/mol. The molecule has 1 heterocycles. The van der Waals surface area contributed by atoms with Crippen LogP contribution in [0, 0.1) is 0 Å². The lowest BCUT2D eigenvalue weighted by molar-refractivity contribution is 0.0744. The predicted molar refractivity (Wildman–Crippen MR) is 73.5 cm³/mol. The molecule has 2 aromatic carbocycles. The lowest BCUT2D eigenvalue weighted by atomic mass is 9.99. The maximum atomic E-state index is 10.5. The van der Waals surface area contributed by atoms with Gasteiger partial charge in [0.15, 0.2) is 0 Å². The van der Waals surface area contributed by atoms with Crippen molar-refractivity contribution in [2.24, 2.45) is 0 Å². The molecule has 0 fully saturated rings. The van der Waals surface area contributed by atoms with Gasteiger partial charge in [-0.15, -0.1) is 0 Å². The van der Waals surface area contributed by atoms with E-state index in [1.807, 2.05) is 31.2 Å². The molecule has 1 atom stereocenters. The number of rotatable bonds is 2. The summed E-state index contributed by atoms with van der Waals surface area (Å²) in [5, 5.41) is 10.5. The van der Waals surface area contributed by atoms with Crippen molar-refractivity contribution in [3.8, 4) is 0 Å². The van der Waals surface area contributed by atoms with E-state index in [1.54, 1.807) is 0 Å². The summed E-state index contributed by atoms with van der Waals surface area (Å²) in [5.41, 5.74) is 2.70. The van der Waals surface area contributed by atoms with Gasteiger partial charge < -0.3 is 10.0 Å². The SMILES string of the molecule is CC1(O)CN(Cc2ccccc2)c2ccccc21. The second kappa shape index (κ2) is 4.14. The van der Waals surface area contributed by atoms with Gasteiger partial charge >= 0.3 is 0 Å². The summed E-state index contributed by atoms with van der Waals surface area (Å²) in [4.78, 5) is 2.24. The van der Waals surface area contributed by atoms with E-state index < -0.39 is 5.60 Å². The molecule has 0 radical (unpaired) electrons. The fourth-order valence-corrected chi connectivity index (χ4v) is 2.69. The smallest absolute Gasteiger partial charge is 0.106 e. The van der Waals surface area contributed by atoms with Gasteiger partial charge in [0.2, 0.25) is 0 Å².